The van der Waals surface area contributed by atoms with E-state index in [1.165, 1.54) is 32.6 Å². The zero-order chi connectivity index (χ0) is 24.3. The SMILES string of the molecule is c1ccc(-c2cnc(-n3c4ccccc4c4ccc5c6ccccc6n(-c6ccccc6)c5c43)[nH]2)cc1. The molecule has 0 amide bonds. The van der Waals surface area contributed by atoms with Gasteiger partial charge in [0.15, 0.2) is 0 Å². The Labute approximate surface area is 213 Å². The zero-order valence-corrected chi connectivity index (χ0v) is 20.0. The second kappa shape index (κ2) is 7.70. The van der Waals surface area contributed by atoms with Crippen molar-refractivity contribution in [2.75, 3.05) is 0 Å². The van der Waals surface area contributed by atoms with Gasteiger partial charge in [0.2, 0.25) is 5.95 Å². The summed E-state index contributed by atoms with van der Waals surface area (Å²) >= 11 is 0. The van der Waals surface area contributed by atoms with Gasteiger partial charge in [-0.2, -0.15) is 0 Å². The maximum absolute atomic E-state index is 4.90. The number of para-hydroxylation sites is 3. The maximum Gasteiger partial charge on any atom is 0.212 e. The molecule has 5 aromatic carbocycles. The van der Waals surface area contributed by atoms with Crippen LogP contribution >= 0.6 is 0 Å². The molecule has 4 nitrogen and oxygen atoms in total. The van der Waals surface area contributed by atoms with Crippen molar-refractivity contribution in [1.82, 2.24) is 19.1 Å². The molecule has 0 aliphatic heterocycles. The monoisotopic (exact) mass is 474 g/mol. The second-order valence-electron chi connectivity index (χ2n) is 9.39. The van der Waals surface area contributed by atoms with Crippen LogP contribution in [0.15, 0.2) is 128 Å². The van der Waals surface area contributed by atoms with Crippen molar-refractivity contribution in [2.45, 2.75) is 0 Å². The summed E-state index contributed by atoms with van der Waals surface area (Å²) in [7, 11) is 0. The van der Waals surface area contributed by atoms with E-state index in [2.05, 4.69) is 129 Å². The van der Waals surface area contributed by atoms with Crippen LogP contribution in [0.5, 0.6) is 0 Å². The van der Waals surface area contributed by atoms with E-state index in [9.17, 15) is 0 Å². The molecule has 0 radical (unpaired) electrons. The predicted molar refractivity (Wildman–Crippen MR) is 153 cm³/mol. The van der Waals surface area contributed by atoms with Crippen LogP contribution in [0.3, 0.4) is 0 Å². The van der Waals surface area contributed by atoms with Crippen LogP contribution in [0, 0.1) is 0 Å². The molecule has 4 heteroatoms. The molecule has 0 saturated carbocycles. The van der Waals surface area contributed by atoms with Crippen molar-refractivity contribution in [3.05, 3.63) is 128 Å². The summed E-state index contributed by atoms with van der Waals surface area (Å²) in [6.45, 7) is 0. The molecule has 37 heavy (non-hydrogen) atoms. The predicted octanol–water partition coefficient (Wildman–Crippen LogP) is 8.27. The summed E-state index contributed by atoms with van der Waals surface area (Å²) in [4.78, 5) is 8.51. The van der Waals surface area contributed by atoms with E-state index < -0.39 is 0 Å². The molecular weight excluding hydrogens is 452 g/mol. The van der Waals surface area contributed by atoms with E-state index in [1.807, 2.05) is 12.3 Å². The number of aromatic amines is 1. The minimum Gasteiger partial charge on any atom is -0.323 e. The highest BCUT2D eigenvalue weighted by Gasteiger charge is 2.21. The van der Waals surface area contributed by atoms with E-state index in [0.717, 1.165) is 33.9 Å². The number of aromatic nitrogens is 4. The highest BCUT2D eigenvalue weighted by molar-refractivity contribution is 6.23. The number of H-pyrrole nitrogens is 1. The van der Waals surface area contributed by atoms with Crippen molar-refractivity contribution in [2.24, 2.45) is 0 Å². The lowest BCUT2D eigenvalue weighted by molar-refractivity contribution is 1.04. The van der Waals surface area contributed by atoms with Gasteiger partial charge in [-0.1, -0.05) is 97.1 Å². The molecular formula is C33H22N4. The van der Waals surface area contributed by atoms with Gasteiger partial charge in [0.1, 0.15) is 0 Å². The van der Waals surface area contributed by atoms with Gasteiger partial charge in [0.25, 0.3) is 0 Å². The molecule has 3 heterocycles. The Kier molecular flexibility index (Phi) is 4.19. The van der Waals surface area contributed by atoms with Crippen molar-refractivity contribution in [3.8, 4) is 22.9 Å². The van der Waals surface area contributed by atoms with E-state index in [1.54, 1.807) is 0 Å². The molecule has 0 bridgehead atoms. The summed E-state index contributed by atoms with van der Waals surface area (Å²) < 4.78 is 4.68. The summed E-state index contributed by atoms with van der Waals surface area (Å²) in [5, 5.41) is 4.89. The minimum atomic E-state index is 0.808. The van der Waals surface area contributed by atoms with Crippen LogP contribution in [0.1, 0.15) is 0 Å². The van der Waals surface area contributed by atoms with Crippen molar-refractivity contribution >= 4 is 43.6 Å². The van der Waals surface area contributed by atoms with E-state index in [0.29, 0.717) is 0 Å². The van der Waals surface area contributed by atoms with Crippen LogP contribution in [-0.2, 0) is 0 Å². The van der Waals surface area contributed by atoms with Crippen LogP contribution in [-0.4, -0.2) is 19.1 Å². The van der Waals surface area contributed by atoms with E-state index >= 15 is 0 Å². The average molecular weight is 475 g/mol. The molecule has 0 saturated heterocycles. The number of hydrogen-bond acceptors (Lipinski definition) is 1. The number of nitrogens with one attached hydrogen (secondary N) is 1. The Morgan fingerprint density at radius 1 is 0.486 bits per heavy atom. The highest BCUT2D eigenvalue weighted by atomic mass is 15.2. The molecule has 0 spiro atoms. The number of nitrogens with zero attached hydrogens (tertiary/aromatic N) is 3. The van der Waals surface area contributed by atoms with Crippen LogP contribution in [0.25, 0.3) is 66.5 Å². The molecule has 0 atom stereocenters. The lowest BCUT2D eigenvalue weighted by atomic mass is 10.1. The number of rotatable bonds is 3. The first-order valence-electron chi connectivity index (χ1n) is 12.5. The molecule has 1 N–H and O–H groups in total. The molecule has 0 unspecified atom stereocenters. The molecule has 8 aromatic rings. The van der Waals surface area contributed by atoms with Gasteiger partial charge in [-0.3, -0.25) is 4.57 Å². The number of fused-ring (bicyclic) bond motifs is 7. The first kappa shape index (κ1) is 20.1. The van der Waals surface area contributed by atoms with Crippen LogP contribution < -0.4 is 0 Å². The van der Waals surface area contributed by atoms with Gasteiger partial charge in [-0.25, -0.2) is 4.98 Å². The third kappa shape index (κ3) is 2.87. The van der Waals surface area contributed by atoms with Gasteiger partial charge in [0, 0.05) is 27.2 Å². The summed E-state index contributed by atoms with van der Waals surface area (Å²) in [5.41, 5.74) is 7.90. The Morgan fingerprint density at radius 3 is 1.70 bits per heavy atom. The van der Waals surface area contributed by atoms with Crippen molar-refractivity contribution in [1.29, 1.82) is 0 Å². The number of imidazole rings is 1. The fourth-order valence-corrected chi connectivity index (χ4v) is 5.75. The Bertz CT molecular complexity index is 2080. The number of hydrogen-bond donors (Lipinski definition) is 1. The molecule has 3 aromatic heterocycles. The smallest absolute Gasteiger partial charge is 0.212 e. The van der Waals surface area contributed by atoms with E-state index in [-0.39, 0.29) is 0 Å². The lowest BCUT2D eigenvalue weighted by Gasteiger charge is -2.11. The Morgan fingerprint density at radius 2 is 1.03 bits per heavy atom. The summed E-state index contributed by atoms with van der Waals surface area (Å²) in [6, 6.07) is 42.8. The fourth-order valence-electron chi connectivity index (χ4n) is 5.75. The average Bonchev–Trinajstić information content (AvgIpc) is 3.66. The molecule has 0 aliphatic carbocycles. The molecule has 174 valence electrons. The lowest BCUT2D eigenvalue weighted by Crippen LogP contribution is -2.00. The fraction of sp³-hybridized carbons (Fsp3) is 0. The minimum absolute atomic E-state index is 0.808. The zero-order valence-electron chi connectivity index (χ0n) is 20.0. The normalized spacial score (nSPS) is 11.8. The second-order valence-corrected chi connectivity index (χ2v) is 9.39. The first-order chi connectivity index (χ1) is 18.4. The topological polar surface area (TPSA) is 38.5 Å². The summed E-state index contributed by atoms with van der Waals surface area (Å²) in [6.07, 6.45) is 1.93. The Hall–Kier alpha value is -5.09. The van der Waals surface area contributed by atoms with Gasteiger partial charge in [-0.05, 0) is 29.8 Å². The molecule has 0 fully saturated rings. The first-order valence-corrected chi connectivity index (χ1v) is 12.5. The van der Waals surface area contributed by atoms with Gasteiger partial charge < -0.3 is 9.55 Å². The standard InChI is InChI=1S/C33H22N4/c1-3-11-22(12-4-1)28-21-34-33(35-28)37-30-18-10-8-16-25(30)27-20-19-26-24-15-7-9-17-29(24)36(31(26)32(27)37)23-13-5-2-6-14-23/h1-21H,(H,34,35). The third-order valence-electron chi connectivity index (χ3n) is 7.34. The highest BCUT2D eigenvalue weighted by Crippen LogP contribution is 2.41. The Balaban J connectivity index is 1.56. The van der Waals surface area contributed by atoms with Gasteiger partial charge in [-0.15, -0.1) is 0 Å². The largest absolute Gasteiger partial charge is 0.323 e. The van der Waals surface area contributed by atoms with Crippen LogP contribution in [0.2, 0.25) is 0 Å². The number of benzene rings is 5. The third-order valence-corrected chi connectivity index (χ3v) is 7.34. The summed E-state index contributed by atoms with van der Waals surface area (Å²) in [5.74, 6) is 0.808. The van der Waals surface area contributed by atoms with Crippen LogP contribution in [0.4, 0.5) is 0 Å². The van der Waals surface area contributed by atoms with Gasteiger partial charge >= 0.3 is 0 Å². The van der Waals surface area contributed by atoms with Crippen molar-refractivity contribution < 1.29 is 0 Å². The maximum atomic E-state index is 4.90. The van der Waals surface area contributed by atoms with Gasteiger partial charge in [0.05, 0.1) is 34.0 Å². The van der Waals surface area contributed by atoms with E-state index in [4.69, 9.17) is 4.98 Å². The quantitative estimate of drug-likeness (QED) is 0.275. The van der Waals surface area contributed by atoms with Crippen molar-refractivity contribution in [3.63, 3.8) is 0 Å². The molecule has 0 aliphatic rings. The molecule has 8 rings (SSSR count).